The Morgan fingerprint density at radius 3 is 2.52 bits per heavy atom. The van der Waals surface area contributed by atoms with Crippen molar-refractivity contribution in [1.29, 1.82) is 0 Å². The van der Waals surface area contributed by atoms with Crippen LogP contribution in [0.5, 0.6) is 0 Å². The van der Waals surface area contributed by atoms with Crippen LogP contribution in [-0.4, -0.2) is 73.1 Å². The van der Waals surface area contributed by atoms with E-state index in [9.17, 15) is 14.4 Å². The molecule has 2 heterocycles. The summed E-state index contributed by atoms with van der Waals surface area (Å²) in [5, 5.41) is 0. The van der Waals surface area contributed by atoms with Crippen molar-refractivity contribution in [1.82, 2.24) is 9.80 Å². The molecule has 0 aromatic heterocycles. The fourth-order valence-corrected chi connectivity index (χ4v) is 4.03. The van der Waals surface area contributed by atoms with Gasteiger partial charge in [0.15, 0.2) is 6.10 Å². The molecule has 0 aromatic rings. The summed E-state index contributed by atoms with van der Waals surface area (Å²) in [6.07, 6.45) is 3.07. The normalized spacial score (nSPS) is 25.3. The number of methoxy groups -OCH3 is 1. The first kappa shape index (κ1) is 19.4. The van der Waals surface area contributed by atoms with Crippen LogP contribution in [0, 0.1) is 5.92 Å². The molecule has 2 aliphatic heterocycles. The number of hydrogen-bond acceptors (Lipinski definition) is 5. The van der Waals surface area contributed by atoms with Crippen molar-refractivity contribution in [2.75, 3.05) is 33.9 Å². The topological polar surface area (TPSA) is 76.1 Å². The van der Waals surface area contributed by atoms with E-state index >= 15 is 0 Å². The molecule has 2 aliphatic rings. The summed E-state index contributed by atoms with van der Waals surface area (Å²) in [5.41, 5.74) is -0.654. The summed E-state index contributed by atoms with van der Waals surface area (Å²) >= 11 is 0. The maximum Gasteiger partial charge on any atom is 0.314 e. The predicted octanol–water partition coefficient (Wildman–Crippen LogP) is 0.980. The van der Waals surface area contributed by atoms with E-state index < -0.39 is 23.5 Å². The third-order valence-electron chi connectivity index (χ3n) is 5.46. The monoisotopic (exact) mass is 352 g/mol. The van der Waals surface area contributed by atoms with Crippen LogP contribution in [-0.2, 0) is 23.9 Å². The third-order valence-corrected chi connectivity index (χ3v) is 5.46. The molecule has 2 amide bonds. The van der Waals surface area contributed by atoms with Crippen LogP contribution in [0.25, 0.3) is 0 Å². The van der Waals surface area contributed by atoms with Crippen LogP contribution in [0.4, 0.5) is 0 Å². The first-order valence-corrected chi connectivity index (χ1v) is 8.78. The van der Waals surface area contributed by atoms with Crippen molar-refractivity contribution in [3.63, 3.8) is 0 Å². The number of rotatable bonds is 6. The number of esters is 1. The Morgan fingerprint density at radius 2 is 2.00 bits per heavy atom. The lowest BCUT2D eigenvalue weighted by Gasteiger charge is -2.45. The number of nitrogens with zero attached hydrogens (tertiary/aromatic N) is 2. The van der Waals surface area contributed by atoms with Crippen LogP contribution in [0.15, 0.2) is 12.7 Å². The number of ether oxygens (including phenoxy) is 2. The quantitative estimate of drug-likeness (QED) is 0.526. The molecule has 0 saturated carbocycles. The van der Waals surface area contributed by atoms with Gasteiger partial charge < -0.3 is 19.3 Å². The Balaban J connectivity index is 2.19. The molecule has 0 aliphatic carbocycles. The number of likely N-dealkylation sites (tertiary alicyclic amines) is 2. The molecule has 2 fully saturated rings. The molecule has 7 heteroatoms. The Hall–Kier alpha value is -1.89. The minimum atomic E-state index is -0.827. The van der Waals surface area contributed by atoms with Gasteiger partial charge >= 0.3 is 5.97 Å². The first-order chi connectivity index (χ1) is 11.9. The van der Waals surface area contributed by atoms with Crippen molar-refractivity contribution in [2.24, 2.45) is 5.92 Å². The van der Waals surface area contributed by atoms with E-state index in [0.29, 0.717) is 38.8 Å². The molecule has 0 bridgehead atoms. The van der Waals surface area contributed by atoms with Gasteiger partial charge in [-0.3, -0.25) is 14.4 Å². The second kappa shape index (κ2) is 7.99. The van der Waals surface area contributed by atoms with E-state index in [2.05, 4.69) is 6.58 Å². The van der Waals surface area contributed by atoms with Gasteiger partial charge in [0, 0.05) is 33.7 Å². The minimum absolute atomic E-state index is 0.0812. The number of likely N-dealkylation sites (N-methyl/N-ethyl adjacent to an activating group) is 1. The summed E-state index contributed by atoms with van der Waals surface area (Å²) < 4.78 is 10.6. The van der Waals surface area contributed by atoms with Gasteiger partial charge in [-0.2, -0.15) is 0 Å². The van der Waals surface area contributed by atoms with Crippen molar-refractivity contribution in [2.45, 2.75) is 44.2 Å². The summed E-state index contributed by atoms with van der Waals surface area (Å²) in [4.78, 5) is 40.8. The maximum atomic E-state index is 12.6. The summed E-state index contributed by atoms with van der Waals surface area (Å²) in [6.45, 7) is 6.67. The van der Waals surface area contributed by atoms with Gasteiger partial charge in [-0.1, -0.05) is 6.08 Å². The van der Waals surface area contributed by atoms with Gasteiger partial charge in [-0.05, 0) is 26.2 Å². The second-order valence-corrected chi connectivity index (χ2v) is 6.59. The molecule has 2 saturated heterocycles. The molecule has 2 rings (SSSR count). The number of allylic oxidation sites excluding steroid dienone is 1. The first-order valence-electron chi connectivity index (χ1n) is 8.78. The molecular formula is C18H28N2O5. The molecule has 7 nitrogen and oxygen atoms in total. The summed E-state index contributed by atoms with van der Waals surface area (Å²) in [7, 11) is 3.15. The predicted molar refractivity (Wildman–Crippen MR) is 91.7 cm³/mol. The summed E-state index contributed by atoms with van der Waals surface area (Å²) in [5.74, 6) is -1.19. The van der Waals surface area contributed by atoms with Crippen molar-refractivity contribution in [3.8, 4) is 0 Å². The highest BCUT2D eigenvalue weighted by Crippen LogP contribution is 2.44. The van der Waals surface area contributed by atoms with E-state index in [0.717, 1.165) is 0 Å². The van der Waals surface area contributed by atoms with Crippen molar-refractivity contribution in [3.05, 3.63) is 12.7 Å². The molecule has 2 atom stereocenters. The molecule has 0 N–H and O–H groups in total. The highest BCUT2D eigenvalue weighted by atomic mass is 16.5. The lowest BCUT2D eigenvalue weighted by atomic mass is 9.76. The number of amides is 2. The molecule has 25 heavy (non-hydrogen) atoms. The van der Waals surface area contributed by atoms with Crippen LogP contribution in [0.1, 0.15) is 32.6 Å². The number of carbonyl (C=O) groups is 3. The van der Waals surface area contributed by atoms with Crippen LogP contribution < -0.4 is 0 Å². The Morgan fingerprint density at radius 1 is 1.36 bits per heavy atom. The third kappa shape index (κ3) is 3.42. The van der Waals surface area contributed by atoms with Gasteiger partial charge in [0.1, 0.15) is 5.92 Å². The number of carbonyl (C=O) groups excluding carboxylic acids is 3. The lowest BCUT2D eigenvalue weighted by molar-refractivity contribution is -0.157. The van der Waals surface area contributed by atoms with E-state index in [1.54, 1.807) is 29.8 Å². The zero-order valence-corrected chi connectivity index (χ0v) is 15.3. The Labute approximate surface area is 148 Å². The van der Waals surface area contributed by atoms with Gasteiger partial charge in [-0.15, -0.1) is 6.58 Å². The van der Waals surface area contributed by atoms with Gasteiger partial charge in [0.25, 0.3) is 5.91 Å². The highest BCUT2D eigenvalue weighted by Gasteiger charge is 2.61. The van der Waals surface area contributed by atoms with E-state index in [1.807, 2.05) is 0 Å². The average Bonchev–Trinajstić information content (AvgIpc) is 2.82. The van der Waals surface area contributed by atoms with Gasteiger partial charge in [0.05, 0.1) is 12.1 Å². The summed E-state index contributed by atoms with van der Waals surface area (Å²) in [6, 6.07) is 0. The molecule has 0 unspecified atom stereocenters. The standard InChI is InChI=1S/C18H28N2O5/c1-5-7-8-13(21)20-11-9-18(10-12-20)14(17(23)25-6-2)15(24-4)16(22)19(18)3/h5,14-15H,1,6-12H2,2-4H3/t14-,15+/m0/s1. The largest absolute Gasteiger partial charge is 0.466 e. The Bertz CT molecular complexity index is 540. The smallest absolute Gasteiger partial charge is 0.314 e. The fraction of sp³-hybridized carbons (Fsp3) is 0.722. The van der Waals surface area contributed by atoms with E-state index in [4.69, 9.17) is 9.47 Å². The van der Waals surface area contributed by atoms with Gasteiger partial charge in [0.2, 0.25) is 5.91 Å². The average molecular weight is 352 g/mol. The van der Waals surface area contributed by atoms with E-state index in [-0.39, 0.29) is 18.4 Å². The highest BCUT2D eigenvalue weighted by molar-refractivity contribution is 5.93. The van der Waals surface area contributed by atoms with Crippen LogP contribution in [0.2, 0.25) is 0 Å². The zero-order chi connectivity index (χ0) is 18.6. The Kier molecular flexibility index (Phi) is 6.21. The zero-order valence-electron chi connectivity index (χ0n) is 15.3. The van der Waals surface area contributed by atoms with Crippen molar-refractivity contribution < 1.29 is 23.9 Å². The SMILES string of the molecule is C=CCCC(=O)N1CCC2(CC1)[C@H](C(=O)OCC)[C@@H](OC)C(=O)N2C. The molecule has 1 spiro atoms. The van der Waals surface area contributed by atoms with Gasteiger partial charge in [-0.25, -0.2) is 0 Å². The number of hydrogen-bond donors (Lipinski definition) is 0. The van der Waals surface area contributed by atoms with Crippen molar-refractivity contribution >= 4 is 17.8 Å². The number of piperidine rings is 1. The van der Waals surface area contributed by atoms with Crippen LogP contribution >= 0.6 is 0 Å². The lowest BCUT2D eigenvalue weighted by Crippen LogP contribution is -2.57. The molecular weight excluding hydrogens is 324 g/mol. The maximum absolute atomic E-state index is 12.6. The fourth-order valence-electron chi connectivity index (χ4n) is 4.03. The second-order valence-electron chi connectivity index (χ2n) is 6.59. The van der Waals surface area contributed by atoms with Crippen LogP contribution in [0.3, 0.4) is 0 Å². The molecule has 140 valence electrons. The van der Waals surface area contributed by atoms with E-state index in [1.165, 1.54) is 7.11 Å². The molecule has 0 aromatic carbocycles. The minimum Gasteiger partial charge on any atom is -0.466 e. The molecule has 0 radical (unpaired) electrons.